The second-order valence-corrected chi connectivity index (χ2v) is 6.63. The van der Waals surface area contributed by atoms with Crippen LogP contribution in [-0.4, -0.2) is 59.2 Å². The first-order valence-electron chi connectivity index (χ1n) is 8.05. The maximum absolute atomic E-state index is 10.2. The monoisotopic (exact) mass is 315 g/mol. The van der Waals surface area contributed by atoms with E-state index >= 15 is 0 Å². The molecule has 0 unspecified atom stereocenters. The Bertz CT molecular complexity index is 681. The summed E-state index contributed by atoms with van der Waals surface area (Å²) in [4.78, 5) is 9.02. The summed E-state index contributed by atoms with van der Waals surface area (Å²) >= 11 is 0. The van der Waals surface area contributed by atoms with Gasteiger partial charge in [-0.1, -0.05) is 18.2 Å². The maximum Gasteiger partial charge on any atom is 0.226 e. The molecule has 0 radical (unpaired) electrons. The number of benzene rings is 1. The molecule has 0 spiro atoms. The van der Waals surface area contributed by atoms with E-state index in [4.69, 9.17) is 9.40 Å². The summed E-state index contributed by atoms with van der Waals surface area (Å²) in [6.45, 7) is 6.25. The SMILES string of the molecule is Cc1ccccc1-c1nc(CN2C[C@H](O)[C@@H](N(C)C)C2)c(C)o1. The molecule has 5 nitrogen and oxygen atoms in total. The minimum Gasteiger partial charge on any atom is -0.441 e. The summed E-state index contributed by atoms with van der Waals surface area (Å²) in [5.74, 6) is 1.53. The maximum atomic E-state index is 10.2. The molecular formula is C18H25N3O2. The Morgan fingerprint density at radius 2 is 2.00 bits per heavy atom. The number of likely N-dealkylation sites (N-methyl/N-ethyl adjacent to an activating group) is 1. The first-order valence-corrected chi connectivity index (χ1v) is 8.05. The fraction of sp³-hybridized carbons (Fsp3) is 0.500. The lowest BCUT2D eigenvalue weighted by Gasteiger charge is -2.21. The molecule has 0 saturated carbocycles. The van der Waals surface area contributed by atoms with Crippen molar-refractivity contribution in [1.82, 2.24) is 14.8 Å². The lowest BCUT2D eigenvalue weighted by molar-refractivity contribution is 0.112. The van der Waals surface area contributed by atoms with Crippen molar-refractivity contribution in [3.8, 4) is 11.5 Å². The van der Waals surface area contributed by atoms with E-state index in [1.807, 2.05) is 39.2 Å². The fourth-order valence-corrected chi connectivity index (χ4v) is 3.20. The summed E-state index contributed by atoms with van der Waals surface area (Å²) < 4.78 is 5.88. The Balaban J connectivity index is 1.77. The van der Waals surface area contributed by atoms with Crippen LogP contribution in [0.1, 0.15) is 17.0 Å². The van der Waals surface area contributed by atoms with Gasteiger partial charge >= 0.3 is 0 Å². The van der Waals surface area contributed by atoms with Crippen molar-refractivity contribution in [2.45, 2.75) is 32.5 Å². The van der Waals surface area contributed by atoms with E-state index in [1.165, 1.54) is 0 Å². The summed E-state index contributed by atoms with van der Waals surface area (Å²) in [5, 5.41) is 10.2. The summed E-state index contributed by atoms with van der Waals surface area (Å²) in [7, 11) is 4.02. The minimum absolute atomic E-state index is 0.179. The normalized spacial score (nSPS) is 22.2. The molecule has 1 fully saturated rings. The zero-order valence-corrected chi connectivity index (χ0v) is 14.3. The smallest absolute Gasteiger partial charge is 0.226 e. The Morgan fingerprint density at radius 1 is 1.26 bits per heavy atom. The van der Waals surface area contributed by atoms with Crippen LogP contribution >= 0.6 is 0 Å². The highest BCUT2D eigenvalue weighted by Gasteiger charge is 2.33. The molecule has 3 rings (SSSR count). The lowest BCUT2D eigenvalue weighted by Crippen LogP contribution is -2.37. The molecule has 0 bridgehead atoms. The van der Waals surface area contributed by atoms with Crippen LogP contribution in [-0.2, 0) is 6.54 Å². The van der Waals surface area contributed by atoms with Gasteiger partial charge in [-0.05, 0) is 39.6 Å². The van der Waals surface area contributed by atoms with Crippen LogP contribution in [0.4, 0.5) is 0 Å². The number of aryl methyl sites for hydroxylation is 2. The number of aromatic nitrogens is 1. The standard InChI is InChI=1S/C18H25N3O2/c1-12-7-5-6-8-14(12)18-19-15(13(2)23-18)9-21-10-16(20(3)4)17(22)11-21/h5-8,16-17,22H,9-11H2,1-4H3/t16-,17-/m0/s1. The van der Waals surface area contributed by atoms with Gasteiger partial charge in [0, 0.05) is 31.2 Å². The molecule has 5 heteroatoms. The fourth-order valence-electron chi connectivity index (χ4n) is 3.20. The second kappa shape index (κ2) is 6.43. The van der Waals surface area contributed by atoms with Crippen LogP contribution < -0.4 is 0 Å². The predicted octanol–water partition coefficient (Wildman–Crippen LogP) is 2.07. The van der Waals surface area contributed by atoms with Crippen LogP contribution in [0.5, 0.6) is 0 Å². The average molecular weight is 315 g/mol. The van der Waals surface area contributed by atoms with E-state index in [2.05, 4.69) is 22.8 Å². The highest BCUT2D eigenvalue weighted by Crippen LogP contribution is 2.26. The van der Waals surface area contributed by atoms with Crippen molar-refractivity contribution in [1.29, 1.82) is 0 Å². The van der Waals surface area contributed by atoms with Crippen molar-refractivity contribution < 1.29 is 9.52 Å². The lowest BCUT2D eigenvalue weighted by atomic mass is 10.1. The number of oxazole rings is 1. The topological polar surface area (TPSA) is 52.7 Å². The van der Waals surface area contributed by atoms with E-state index in [9.17, 15) is 5.11 Å². The van der Waals surface area contributed by atoms with Crippen LogP contribution in [0.3, 0.4) is 0 Å². The van der Waals surface area contributed by atoms with Crippen molar-refractivity contribution in [3.63, 3.8) is 0 Å². The zero-order valence-electron chi connectivity index (χ0n) is 14.3. The van der Waals surface area contributed by atoms with Gasteiger partial charge in [0.05, 0.1) is 11.8 Å². The molecular weight excluding hydrogens is 290 g/mol. The Hall–Kier alpha value is -1.69. The van der Waals surface area contributed by atoms with E-state index in [-0.39, 0.29) is 12.1 Å². The first-order chi connectivity index (χ1) is 11.0. The van der Waals surface area contributed by atoms with Crippen molar-refractivity contribution in [3.05, 3.63) is 41.3 Å². The van der Waals surface area contributed by atoms with Gasteiger partial charge in [-0.3, -0.25) is 4.90 Å². The Morgan fingerprint density at radius 3 is 2.65 bits per heavy atom. The number of rotatable bonds is 4. The van der Waals surface area contributed by atoms with Gasteiger partial charge in [0.25, 0.3) is 0 Å². The third-order valence-electron chi connectivity index (χ3n) is 4.64. The minimum atomic E-state index is -0.312. The molecule has 1 aromatic carbocycles. The zero-order chi connectivity index (χ0) is 16.6. The van der Waals surface area contributed by atoms with Gasteiger partial charge in [-0.15, -0.1) is 0 Å². The van der Waals surface area contributed by atoms with E-state index < -0.39 is 0 Å². The van der Waals surface area contributed by atoms with Crippen molar-refractivity contribution in [2.75, 3.05) is 27.2 Å². The second-order valence-electron chi connectivity index (χ2n) is 6.63. The number of aliphatic hydroxyl groups excluding tert-OH is 1. The van der Waals surface area contributed by atoms with Gasteiger partial charge in [0.15, 0.2) is 0 Å². The summed E-state index contributed by atoms with van der Waals surface area (Å²) in [6.07, 6.45) is -0.312. The first kappa shape index (κ1) is 16.2. The van der Waals surface area contributed by atoms with Crippen molar-refractivity contribution >= 4 is 0 Å². The number of nitrogens with zero attached hydrogens (tertiary/aromatic N) is 3. The van der Waals surface area contributed by atoms with Gasteiger partial charge in [0.1, 0.15) is 5.76 Å². The van der Waals surface area contributed by atoms with E-state index in [0.717, 1.165) is 29.1 Å². The van der Waals surface area contributed by atoms with E-state index in [0.29, 0.717) is 19.0 Å². The molecule has 0 amide bonds. The number of aliphatic hydroxyl groups is 1. The molecule has 124 valence electrons. The summed E-state index contributed by atoms with van der Waals surface area (Å²) in [6, 6.07) is 8.29. The number of hydrogen-bond acceptors (Lipinski definition) is 5. The van der Waals surface area contributed by atoms with Crippen LogP contribution in [0.15, 0.2) is 28.7 Å². The highest BCUT2D eigenvalue weighted by molar-refractivity contribution is 5.58. The number of hydrogen-bond donors (Lipinski definition) is 1. The molecule has 23 heavy (non-hydrogen) atoms. The molecule has 1 aromatic heterocycles. The Kier molecular flexibility index (Phi) is 4.53. The van der Waals surface area contributed by atoms with Crippen LogP contribution in [0.25, 0.3) is 11.5 Å². The highest BCUT2D eigenvalue weighted by atomic mass is 16.4. The molecule has 1 aliphatic rings. The average Bonchev–Trinajstić information content (AvgIpc) is 3.03. The third-order valence-corrected chi connectivity index (χ3v) is 4.64. The summed E-state index contributed by atoms with van der Waals surface area (Å²) in [5.41, 5.74) is 3.15. The van der Waals surface area contributed by atoms with Gasteiger partial charge < -0.3 is 14.4 Å². The number of likely N-dealkylation sites (tertiary alicyclic amines) is 1. The predicted molar refractivity (Wildman–Crippen MR) is 90.2 cm³/mol. The molecule has 1 saturated heterocycles. The molecule has 2 atom stereocenters. The van der Waals surface area contributed by atoms with Gasteiger partial charge in [-0.2, -0.15) is 0 Å². The Labute approximate surface area is 137 Å². The van der Waals surface area contributed by atoms with Crippen molar-refractivity contribution in [2.24, 2.45) is 0 Å². The molecule has 1 aliphatic heterocycles. The molecule has 2 heterocycles. The molecule has 1 N–H and O–H groups in total. The third kappa shape index (κ3) is 3.32. The van der Waals surface area contributed by atoms with E-state index in [1.54, 1.807) is 0 Å². The molecule has 0 aliphatic carbocycles. The molecule has 2 aromatic rings. The van der Waals surface area contributed by atoms with Crippen LogP contribution in [0.2, 0.25) is 0 Å². The number of β-amino-alcohol motifs (C(OH)–C–C–N with tert-alkyl or cyclic N) is 1. The van der Waals surface area contributed by atoms with Crippen LogP contribution in [0, 0.1) is 13.8 Å². The largest absolute Gasteiger partial charge is 0.441 e. The van der Waals surface area contributed by atoms with Gasteiger partial charge in [0.2, 0.25) is 5.89 Å². The quantitative estimate of drug-likeness (QED) is 0.936. The van der Waals surface area contributed by atoms with Gasteiger partial charge in [-0.25, -0.2) is 4.98 Å².